The maximum atomic E-state index is 10.6. The predicted octanol–water partition coefficient (Wildman–Crippen LogP) is 4.10. The summed E-state index contributed by atoms with van der Waals surface area (Å²) >= 11 is 1.89. The van der Waals surface area contributed by atoms with Crippen LogP contribution in [0.5, 0.6) is 0 Å². The van der Waals surface area contributed by atoms with E-state index in [0.29, 0.717) is 0 Å². The van der Waals surface area contributed by atoms with E-state index >= 15 is 0 Å². The molecule has 0 bridgehead atoms. The molecule has 3 N–H and O–H groups in total. The number of hydrogen-bond acceptors (Lipinski definition) is 7. The lowest BCUT2D eigenvalue weighted by molar-refractivity contribution is -0.193. The number of likely N-dealkylation sites (tertiary alicyclic amines) is 2. The first-order chi connectivity index (χ1) is 18.5. The Kier molecular flexibility index (Phi) is 15.1. The van der Waals surface area contributed by atoms with Crippen molar-refractivity contribution in [2.45, 2.75) is 50.0 Å². The number of piperidine rings is 1. The number of carboxylic acid groups (broad SMARTS) is 3. The first kappa shape index (κ1) is 38.4. The van der Waals surface area contributed by atoms with Gasteiger partial charge in [-0.25, -0.2) is 14.4 Å². The molecule has 19 heteroatoms. The normalized spacial score (nSPS) is 21.3. The molecule has 3 rings (SSSR count). The van der Waals surface area contributed by atoms with Crippen LogP contribution in [0.4, 0.5) is 39.5 Å². The summed E-state index contributed by atoms with van der Waals surface area (Å²) in [5.41, 5.74) is 0. The quantitative estimate of drug-likeness (QED) is 0.420. The van der Waals surface area contributed by atoms with Crippen molar-refractivity contribution >= 4 is 29.2 Å². The van der Waals surface area contributed by atoms with Crippen LogP contribution in [0.25, 0.3) is 0 Å². The lowest BCUT2D eigenvalue weighted by atomic mass is 9.92. The number of likely N-dealkylation sites (N-methyl/N-ethyl adjacent to an activating group) is 2. The van der Waals surface area contributed by atoms with E-state index < -0.39 is 36.4 Å². The molecule has 0 aliphatic carbocycles. The van der Waals surface area contributed by atoms with Crippen molar-refractivity contribution in [3.05, 3.63) is 22.4 Å². The zero-order chi connectivity index (χ0) is 32.3. The van der Waals surface area contributed by atoms with Gasteiger partial charge in [0.05, 0.1) is 0 Å². The Bertz CT molecular complexity index is 899. The van der Waals surface area contributed by atoms with E-state index in [0.717, 1.165) is 24.5 Å². The zero-order valence-corrected chi connectivity index (χ0v) is 22.7. The highest BCUT2D eigenvalue weighted by Gasteiger charge is 2.42. The second-order valence-corrected chi connectivity index (χ2v) is 10.2. The predicted molar refractivity (Wildman–Crippen MR) is 127 cm³/mol. The Hall–Kier alpha value is -2.64. The minimum atomic E-state index is -5.08. The van der Waals surface area contributed by atoms with Crippen LogP contribution in [0.2, 0.25) is 0 Å². The van der Waals surface area contributed by atoms with Crippen LogP contribution in [0.15, 0.2) is 17.5 Å². The summed E-state index contributed by atoms with van der Waals surface area (Å²) in [5.74, 6) is -7.40. The topological polar surface area (TPSA) is 122 Å². The van der Waals surface area contributed by atoms with Crippen molar-refractivity contribution in [2.24, 2.45) is 5.92 Å². The number of carbonyl (C=O) groups is 3. The van der Waals surface area contributed by atoms with Crippen molar-refractivity contribution in [1.82, 2.24) is 14.7 Å². The van der Waals surface area contributed by atoms with Gasteiger partial charge in [0.15, 0.2) is 0 Å². The highest BCUT2D eigenvalue weighted by atomic mass is 32.1. The minimum Gasteiger partial charge on any atom is -0.475 e. The van der Waals surface area contributed by atoms with Crippen LogP contribution in [-0.2, 0) is 20.9 Å². The number of halogens is 9. The average Bonchev–Trinajstić information content (AvgIpc) is 3.40. The van der Waals surface area contributed by atoms with Crippen LogP contribution < -0.4 is 0 Å². The van der Waals surface area contributed by atoms with Gasteiger partial charge in [-0.3, -0.25) is 9.80 Å². The summed E-state index contributed by atoms with van der Waals surface area (Å²) in [6, 6.07) is 6.01. The van der Waals surface area contributed by atoms with Gasteiger partial charge in [0, 0.05) is 43.1 Å². The summed E-state index contributed by atoms with van der Waals surface area (Å²) in [7, 11) is 6.73. The van der Waals surface area contributed by atoms with Crippen LogP contribution in [0, 0.1) is 5.92 Å². The molecular formula is C22H30F9N3O6S. The number of aliphatic carboxylic acids is 3. The van der Waals surface area contributed by atoms with Crippen LogP contribution in [-0.4, -0.2) is 119 Å². The lowest BCUT2D eigenvalue weighted by Gasteiger charge is -2.37. The van der Waals surface area contributed by atoms with E-state index in [-0.39, 0.29) is 0 Å². The van der Waals surface area contributed by atoms with Gasteiger partial charge in [0.25, 0.3) is 0 Å². The Morgan fingerprint density at radius 2 is 1.37 bits per heavy atom. The average molecular weight is 636 g/mol. The van der Waals surface area contributed by atoms with Crippen LogP contribution in [0.1, 0.15) is 17.7 Å². The summed E-state index contributed by atoms with van der Waals surface area (Å²) in [5, 5.41) is 23.6. The molecular weight excluding hydrogens is 605 g/mol. The third-order valence-corrected chi connectivity index (χ3v) is 6.58. The number of thiophene rings is 1. The molecule has 0 aromatic carbocycles. The number of fused-ring (bicyclic) bond motifs is 1. The summed E-state index contributed by atoms with van der Waals surface area (Å²) in [6.45, 7) is 4.91. The van der Waals surface area contributed by atoms with E-state index in [1.54, 1.807) is 0 Å². The molecule has 3 atom stereocenters. The lowest BCUT2D eigenvalue weighted by Crippen LogP contribution is -2.45. The number of alkyl halides is 9. The first-order valence-electron chi connectivity index (χ1n) is 11.5. The fraction of sp³-hybridized carbons (Fsp3) is 0.682. The first-order valence-corrected chi connectivity index (χ1v) is 12.4. The summed E-state index contributed by atoms with van der Waals surface area (Å²) in [4.78, 5) is 35.9. The van der Waals surface area contributed by atoms with Crippen molar-refractivity contribution in [1.29, 1.82) is 0 Å². The SMILES string of the molecule is CN(C)C[C@@H]1C[C@@H]2CN(Cc3cccs3)CC[C@@H]2N1C.O=C(O)C(F)(F)F.O=C(O)C(F)(F)F.O=C(O)C(F)(F)F. The standard InChI is InChI=1S/C16H27N3S.3C2HF3O2/c1-17(2)11-14-9-13-10-19(7-6-16(13)18(14)3)12-15-5-4-8-20-15;3*3-2(4,5)1(6)7/h4-5,8,13-14,16H,6-7,9-12H2,1-3H3;3*(H,6,7)/t13-,14+,16+;;;/m1.../s1. The van der Waals surface area contributed by atoms with Crippen LogP contribution in [0.3, 0.4) is 0 Å². The summed E-state index contributed by atoms with van der Waals surface area (Å²) < 4.78 is 95.2. The number of carboxylic acids is 3. The maximum absolute atomic E-state index is 10.6. The van der Waals surface area contributed by atoms with Gasteiger partial charge in [-0.05, 0) is 51.3 Å². The van der Waals surface area contributed by atoms with Gasteiger partial charge in [-0.1, -0.05) is 6.07 Å². The molecule has 9 nitrogen and oxygen atoms in total. The molecule has 0 amide bonds. The Labute approximate surface area is 232 Å². The Morgan fingerprint density at radius 1 is 0.927 bits per heavy atom. The Balaban J connectivity index is 0.000000631. The van der Waals surface area contributed by atoms with E-state index in [1.165, 1.54) is 37.4 Å². The fourth-order valence-corrected chi connectivity index (χ4v) is 4.79. The van der Waals surface area contributed by atoms with Gasteiger partial charge in [-0.2, -0.15) is 39.5 Å². The molecule has 2 aliphatic rings. The molecule has 2 aliphatic heterocycles. The van der Waals surface area contributed by atoms with Crippen molar-refractivity contribution in [3.8, 4) is 0 Å². The molecule has 0 radical (unpaired) electrons. The third-order valence-electron chi connectivity index (χ3n) is 5.71. The van der Waals surface area contributed by atoms with Gasteiger partial charge < -0.3 is 20.2 Å². The van der Waals surface area contributed by atoms with Gasteiger partial charge >= 0.3 is 36.4 Å². The monoisotopic (exact) mass is 635 g/mol. The molecule has 238 valence electrons. The third kappa shape index (κ3) is 15.2. The minimum absolute atomic E-state index is 0.752. The molecule has 0 unspecified atom stereocenters. The van der Waals surface area contributed by atoms with Gasteiger partial charge in [0.2, 0.25) is 0 Å². The fourth-order valence-electron chi connectivity index (χ4n) is 4.04. The van der Waals surface area contributed by atoms with E-state index in [9.17, 15) is 39.5 Å². The van der Waals surface area contributed by atoms with E-state index in [4.69, 9.17) is 29.7 Å². The van der Waals surface area contributed by atoms with Crippen molar-refractivity contribution in [2.75, 3.05) is 40.8 Å². The summed E-state index contributed by atoms with van der Waals surface area (Å²) in [6.07, 6.45) is -12.5. The molecule has 2 fully saturated rings. The van der Waals surface area contributed by atoms with E-state index in [1.807, 2.05) is 11.3 Å². The second-order valence-electron chi connectivity index (χ2n) is 9.16. The largest absolute Gasteiger partial charge is 0.490 e. The molecule has 2 saturated heterocycles. The van der Waals surface area contributed by atoms with Crippen molar-refractivity contribution in [3.63, 3.8) is 0 Å². The molecule has 41 heavy (non-hydrogen) atoms. The molecule has 0 spiro atoms. The second kappa shape index (κ2) is 16.1. The molecule has 1 aromatic heterocycles. The maximum Gasteiger partial charge on any atom is 0.490 e. The van der Waals surface area contributed by atoms with Crippen LogP contribution >= 0.6 is 11.3 Å². The highest BCUT2D eigenvalue weighted by molar-refractivity contribution is 7.09. The smallest absolute Gasteiger partial charge is 0.475 e. The Morgan fingerprint density at radius 3 is 1.71 bits per heavy atom. The number of rotatable bonds is 4. The molecule has 1 aromatic rings. The number of nitrogens with zero attached hydrogens (tertiary/aromatic N) is 3. The highest BCUT2D eigenvalue weighted by Crippen LogP contribution is 2.35. The van der Waals surface area contributed by atoms with Gasteiger partial charge in [0.1, 0.15) is 0 Å². The molecule has 3 heterocycles. The zero-order valence-electron chi connectivity index (χ0n) is 21.9. The van der Waals surface area contributed by atoms with Gasteiger partial charge in [-0.15, -0.1) is 11.3 Å². The number of hydrogen-bond donors (Lipinski definition) is 3. The van der Waals surface area contributed by atoms with Crippen molar-refractivity contribution < 1.29 is 69.2 Å². The van der Waals surface area contributed by atoms with E-state index in [2.05, 4.69) is 53.4 Å². The molecule has 0 saturated carbocycles.